The Hall–Kier alpha value is -1.51. The summed E-state index contributed by atoms with van der Waals surface area (Å²) in [6, 6.07) is 6.80. The Morgan fingerprint density at radius 2 is 2.00 bits per heavy atom. The Balaban J connectivity index is 1.82. The van der Waals surface area contributed by atoms with Gasteiger partial charge in [0.25, 0.3) is 0 Å². The van der Waals surface area contributed by atoms with E-state index in [1.807, 2.05) is 17.9 Å². The molecule has 120 valence electrons. The smallest absolute Gasteiger partial charge is 0.0680 e. The van der Waals surface area contributed by atoms with Crippen molar-refractivity contribution >= 4 is 16.6 Å². The molecule has 22 heavy (non-hydrogen) atoms. The summed E-state index contributed by atoms with van der Waals surface area (Å²) >= 11 is 0. The molecule has 1 aromatic carbocycles. The minimum atomic E-state index is 0.688. The number of nitrogens with zero attached hydrogens (tertiary/aromatic N) is 3. The third kappa shape index (κ3) is 3.45. The Kier molecular flexibility index (Phi) is 4.70. The van der Waals surface area contributed by atoms with Crippen LogP contribution in [-0.2, 0) is 7.05 Å². The minimum absolute atomic E-state index is 0.688. The first kappa shape index (κ1) is 15.4. The summed E-state index contributed by atoms with van der Waals surface area (Å²) in [5.41, 5.74) is 2.57. The summed E-state index contributed by atoms with van der Waals surface area (Å²) < 4.78 is 1.95. The van der Waals surface area contributed by atoms with Gasteiger partial charge in [0, 0.05) is 31.2 Å². The zero-order chi connectivity index (χ0) is 15.5. The number of hydrogen-bond donors (Lipinski definition) is 0. The van der Waals surface area contributed by atoms with Gasteiger partial charge in [0.2, 0.25) is 0 Å². The Bertz CT molecular complexity index is 608. The van der Waals surface area contributed by atoms with Crippen LogP contribution in [0.3, 0.4) is 0 Å². The molecule has 0 unspecified atom stereocenters. The van der Waals surface area contributed by atoms with Crippen molar-refractivity contribution in [1.29, 1.82) is 0 Å². The summed E-state index contributed by atoms with van der Waals surface area (Å²) in [5, 5.41) is 5.62. The highest BCUT2D eigenvalue weighted by molar-refractivity contribution is 5.82. The van der Waals surface area contributed by atoms with Crippen molar-refractivity contribution in [2.24, 2.45) is 18.9 Å². The normalized spacial score (nSPS) is 16.5. The zero-order valence-corrected chi connectivity index (χ0v) is 14.3. The van der Waals surface area contributed by atoms with Crippen LogP contribution in [0.2, 0.25) is 0 Å². The van der Waals surface area contributed by atoms with Gasteiger partial charge in [0.15, 0.2) is 0 Å². The zero-order valence-electron chi connectivity index (χ0n) is 14.3. The maximum absolute atomic E-state index is 4.37. The second kappa shape index (κ2) is 6.72. The molecule has 3 nitrogen and oxygen atoms in total. The van der Waals surface area contributed by atoms with Crippen LogP contribution < -0.4 is 4.90 Å². The second-order valence-corrected chi connectivity index (χ2v) is 7.31. The number of fused-ring (bicyclic) bond motifs is 1. The van der Waals surface area contributed by atoms with E-state index in [0.29, 0.717) is 5.92 Å². The fourth-order valence-electron chi connectivity index (χ4n) is 3.76. The monoisotopic (exact) mass is 299 g/mol. The molecule has 3 rings (SSSR count). The first-order chi connectivity index (χ1) is 10.6. The molecule has 2 aromatic rings. The molecule has 1 aromatic heterocycles. The molecule has 0 amide bonds. The number of anilines is 1. The molecule has 0 N–H and O–H groups in total. The van der Waals surface area contributed by atoms with E-state index in [1.54, 1.807) is 0 Å². The summed E-state index contributed by atoms with van der Waals surface area (Å²) in [4.78, 5) is 2.60. The van der Waals surface area contributed by atoms with Crippen LogP contribution in [0, 0.1) is 11.8 Å². The van der Waals surface area contributed by atoms with E-state index in [4.69, 9.17) is 0 Å². The predicted octanol–water partition coefficient (Wildman–Crippen LogP) is 4.62. The summed E-state index contributed by atoms with van der Waals surface area (Å²) in [6.07, 6.45) is 9.06. The molecule has 1 aliphatic rings. The number of rotatable bonds is 5. The number of aryl methyl sites for hydroxylation is 1. The molecule has 0 atom stereocenters. The molecule has 1 heterocycles. The van der Waals surface area contributed by atoms with Crippen LogP contribution >= 0.6 is 0 Å². The van der Waals surface area contributed by atoms with E-state index in [9.17, 15) is 0 Å². The highest BCUT2D eigenvalue weighted by Crippen LogP contribution is 2.28. The van der Waals surface area contributed by atoms with Crippen molar-refractivity contribution in [3.8, 4) is 0 Å². The summed E-state index contributed by atoms with van der Waals surface area (Å²) in [5.74, 6) is 1.56. The Morgan fingerprint density at radius 3 is 2.73 bits per heavy atom. The van der Waals surface area contributed by atoms with Crippen LogP contribution in [0.15, 0.2) is 24.4 Å². The van der Waals surface area contributed by atoms with Crippen molar-refractivity contribution < 1.29 is 0 Å². The van der Waals surface area contributed by atoms with E-state index in [2.05, 4.69) is 42.0 Å². The molecule has 0 aliphatic heterocycles. The molecule has 1 saturated carbocycles. The third-order valence-electron chi connectivity index (χ3n) is 4.88. The number of hydrogen-bond acceptors (Lipinski definition) is 2. The Labute approximate surface area is 134 Å². The Morgan fingerprint density at radius 1 is 1.23 bits per heavy atom. The highest BCUT2D eigenvalue weighted by atomic mass is 15.2. The molecule has 0 saturated heterocycles. The van der Waals surface area contributed by atoms with Crippen molar-refractivity contribution in [3.63, 3.8) is 0 Å². The quantitative estimate of drug-likeness (QED) is 0.803. The van der Waals surface area contributed by atoms with Gasteiger partial charge in [-0.05, 0) is 42.9 Å². The molecular weight excluding hydrogens is 270 g/mol. The van der Waals surface area contributed by atoms with Gasteiger partial charge in [-0.3, -0.25) is 4.68 Å². The molecule has 1 fully saturated rings. The lowest BCUT2D eigenvalue weighted by Gasteiger charge is -2.32. The highest BCUT2D eigenvalue weighted by Gasteiger charge is 2.18. The van der Waals surface area contributed by atoms with Gasteiger partial charge in [-0.25, -0.2) is 0 Å². The van der Waals surface area contributed by atoms with Crippen molar-refractivity contribution in [3.05, 3.63) is 24.4 Å². The summed E-state index contributed by atoms with van der Waals surface area (Å²) in [6.45, 7) is 6.99. The van der Waals surface area contributed by atoms with Crippen molar-refractivity contribution in [1.82, 2.24) is 9.78 Å². The lowest BCUT2D eigenvalue weighted by Crippen LogP contribution is -2.33. The number of benzene rings is 1. The molecule has 0 radical (unpaired) electrons. The lowest BCUT2D eigenvalue weighted by atomic mass is 9.88. The van der Waals surface area contributed by atoms with Crippen LogP contribution in [-0.4, -0.2) is 22.9 Å². The van der Waals surface area contributed by atoms with Gasteiger partial charge >= 0.3 is 0 Å². The second-order valence-electron chi connectivity index (χ2n) is 7.31. The first-order valence-corrected chi connectivity index (χ1v) is 8.80. The topological polar surface area (TPSA) is 21.1 Å². The predicted molar refractivity (Wildman–Crippen MR) is 94.3 cm³/mol. The van der Waals surface area contributed by atoms with E-state index in [0.717, 1.165) is 12.5 Å². The van der Waals surface area contributed by atoms with E-state index >= 15 is 0 Å². The average Bonchev–Trinajstić information content (AvgIpc) is 2.88. The van der Waals surface area contributed by atoms with Gasteiger partial charge in [-0.2, -0.15) is 5.10 Å². The van der Waals surface area contributed by atoms with Gasteiger partial charge in [0.1, 0.15) is 0 Å². The minimum Gasteiger partial charge on any atom is -0.371 e. The van der Waals surface area contributed by atoms with Gasteiger partial charge in [-0.1, -0.05) is 33.1 Å². The number of aromatic nitrogens is 2. The third-order valence-corrected chi connectivity index (χ3v) is 4.88. The fraction of sp³-hybridized carbons (Fsp3) is 0.632. The van der Waals surface area contributed by atoms with Gasteiger partial charge in [-0.15, -0.1) is 0 Å². The van der Waals surface area contributed by atoms with Gasteiger partial charge < -0.3 is 4.90 Å². The molecule has 1 aliphatic carbocycles. The maximum Gasteiger partial charge on any atom is 0.0680 e. The fourth-order valence-corrected chi connectivity index (χ4v) is 3.76. The molecule has 3 heteroatoms. The first-order valence-electron chi connectivity index (χ1n) is 8.80. The van der Waals surface area contributed by atoms with Crippen LogP contribution in [0.25, 0.3) is 10.9 Å². The van der Waals surface area contributed by atoms with Crippen LogP contribution in [0.5, 0.6) is 0 Å². The molecular formula is C19H29N3. The molecule has 0 spiro atoms. The van der Waals surface area contributed by atoms with Crippen molar-refractivity contribution in [2.45, 2.75) is 46.0 Å². The summed E-state index contributed by atoms with van der Waals surface area (Å²) in [7, 11) is 2.01. The lowest BCUT2D eigenvalue weighted by molar-refractivity contribution is 0.354. The van der Waals surface area contributed by atoms with E-state index < -0.39 is 0 Å². The van der Waals surface area contributed by atoms with E-state index in [-0.39, 0.29) is 0 Å². The SMILES string of the molecule is CC(C)CN(CC1CCCCC1)c1ccc2c(cnn2C)c1. The van der Waals surface area contributed by atoms with Gasteiger partial charge in [0.05, 0.1) is 11.7 Å². The largest absolute Gasteiger partial charge is 0.371 e. The average molecular weight is 299 g/mol. The van der Waals surface area contributed by atoms with Crippen LogP contribution in [0.1, 0.15) is 46.0 Å². The van der Waals surface area contributed by atoms with E-state index in [1.165, 1.54) is 55.2 Å². The van der Waals surface area contributed by atoms with Crippen molar-refractivity contribution in [2.75, 3.05) is 18.0 Å². The van der Waals surface area contributed by atoms with Crippen LogP contribution in [0.4, 0.5) is 5.69 Å². The standard InChI is InChI=1S/C19H29N3/c1-15(2)13-22(14-16-7-5-4-6-8-16)18-9-10-19-17(11-18)12-20-21(19)3/h9-12,15-16H,4-8,13-14H2,1-3H3. The maximum atomic E-state index is 4.37. The molecule has 0 bridgehead atoms.